The Bertz CT molecular complexity index is 1130. The normalized spacial score (nSPS) is 10.9. The number of hydrogen-bond donors (Lipinski definition) is 1. The van der Waals surface area contributed by atoms with Crippen molar-refractivity contribution in [3.63, 3.8) is 0 Å². The molecule has 3 aromatic rings. The highest BCUT2D eigenvalue weighted by atomic mass is 32.2. The summed E-state index contributed by atoms with van der Waals surface area (Å²) in [6.45, 7) is 0. The molecule has 30 heavy (non-hydrogen) atoms. The fourth-order valence-electron chi connectivity index (χ4n) is 2.23. The van der Waals surface area contributed by atoms with Crippen molar-refractivity contribution < 1.29 is 23.5 Å². The van der Waals surface area contributed by atoms with E-state index in [1.54, 1.807) is 12.1 Å². The van der Waals surface area contributed by atoms with Gasteiger partial charge in [-0.05, 0) is 42.2 Å². The minimum absolute atomic E-state index is 0.0470. The van der Waals surface area contributed by atoms with Gasteiger partial charge in [-0.3, -0.25) is 10.1 Å². The Morgan fingerprint density at radius 1 is 1.33 bits per heavy atom. The zero-order valence-electron chi connectivity index (χ0n) is 15.7. The molecular weight excluding hydrogens is 428 g/mol. The van der Waals surface area contributed by atoms with Crippen LogP contribution in [0.1, 0.15) is 16.1 Å². The molecule has 0 bridgehead atoms. The molecule has 0 aliphatic heterocycles. The number of carbonyl (C=O) groups is 2. The number of methoxy groups -OCH3 is 1. The molecule has 1 aromatic carbocycles. The van der Waals surface area contributed by atoms with Gasteiger partial charge in [0.05, 0.1) is 13.4 Å². The van der Waals surface area contributed by atoms with Gasteiger partial charge in [0.15, 0.2) is 11.5 Å². The van der Waals surface area contributed by atoms with Crippen molar-refractivity contribution in [3.05, 3.63) is 53.5 Å². The lowest BCUT2D eigenvalue weighted by molar-refractivity contribution is -0.112. The van der Waals surface area contributed by atoms with Crippen LogP contribution < -0.4 is 14.8 Å². The Kier molecular flexibility index (Phi) is 6.84. The van der Waals surface area contributed by atoms with Gasteiger partial charge in [0, 0.05) is 11.5 Å². The second-order valence-electron chi connectivity index (χ2n) is 5.49. The van der Waals surface area contributed by atoms with Gasteiger partial charge in [-0.15, -0.1) is 0 Å². The van der Waals surface area contributed by atoms with Crippen LogP contribution in [0.5, 0.6) is 11.5 Å². The molecule has 0 unspecified atom stereocenters. The quantitative estimate of drug-likeness (QED) is 0.192. The van der Waals surface area contributed by atoms with Crippen LogP contribution in [0.25, 0.3) is 6.08 Å². The first kappa shape index (κ1) is 21.1. The van der Waals surface area contributed by atoms with Crippen molar-refractivity contribution >= 4 is 46.4 Å². The molecule has 9 nitrogen and oxygen atoms in total. The van der Waals surface area contributed by atoms with Crippen molar-refractivity contribution in [1.82, 2.24) is 9.36 Å². The smallest absolute Gasteiger partial charge is 0.379 e. The zero-order valence-corrected chi connectivity index (χ0v) is 17.4. The van der Waals surface area contributed by atoms with Crippen molar-refractivity contribution in [3.8, 4) is 17.6 Å². The first-order valence-electron chi connectivity index (χ1n) is 8.28. The highest BCUT2D eigenvalue weighted by molar-refractivity contribution is 7.98. The Morgan fingerprint density at radius 3 is 2.80 bits per heavy atom. The van der Waals surface area contributed by atoms with E-state index in [9.17, 15) is 14.9 Å². The zero-order chi connectivity index (χ0) is 21.5. The van der Waals surface area contributed by atoms with Crippen LogP contribution in [0.15, 0.2) is 51.7 Å². The number of aromatic nitrogens is 2. The number of ether oxygens (including phenoxy) is 2. The Hall–Kier alpha value is -3.62. The number of carbonyl (C=O) groups excluding carboxylic acids is 2. The summed E-state index contributed by atoms with van der Waals surface area (Å²) < 4.78 is 19.6. The molecule has 3 rings (SSSR count). The summed E-state index contributed by atoms with van der Waals surface area (Å²) in [6.07, 6.45) is 4.56. The summed E-state index contributed by atoms with van der Waals surface area (Å²) in [5.41, 5.74) is 0.358. The summed E-state index contributed by atoms with van der Waals surface area (Å²) in [5, 5.41) is 12.7. The standard InChI is InChI=1S/C19H14N4O5S2/c1-26-15-9-11(5-6-13(15)28-17(25)14-4-3-7-27-14)8-12(10-20)16(24)21-18-22-19(29-2)23-30-18/h3-9H,1-2H3,(H,21,22,23,24)/b12-8-. The summed E-state index contributed by atoms with van der Waals surface area (Å²) in [5.74, 6) is -0.840. The highest BCUT2D eigenvalue weighted by Gasteiger charge is 2.16. The largest absolute Gasteiger partial charge is 0.493 e. The molecule has 11 heteroatoms. The van der Waals surface area contributed by atoms with Gasteiger partial charge in [-0.2, -0.15) is 14.6 Å². The first-order chi connectivity index (χ1) is 14.5. The van der Waals surface area contributed by atoms with Crippen LogP contribution in [0.2, 0.25) is 0 Å². The Labute approximate surface area is 179 Å². The molecule has 0 aliphatic rings. The average Bonchev–Trinajstić information content (AvgIpc) is 3.44. The van der Waals surface area contributed by atoms with Crippen LogP contribution in [0.4, 0.5) is 5.13 Å². The van der Waals surface area contributed by atoms with Gasteiger partial charge in [0.1, 0.15) is 11.6 Å². The lowest BCUT2D eigenvalue weighted by Crippen LogP contribution is -2.13. The van der Waals surface area contributed by atoms with Crippen LogP contribution in [-0.2, 0) is 4.79 Å². The molecule has 0 saturated heterocycles. The highest BCUT2D eigenvalue weighted by Crippen LogP contribution is 2.30. The fraction of sp³-hybridized carbons (Fsp3) is 0.105. The van der Waals surface area contributed by atoms with Crippen LogP contribution in [0.3, 0.4) is 0 Å². The second-order valence-corrected chi connectivity index (χ2v) is 7.01. The number of anilines is 1. The second kappa shape index (κ2) is 9.73. The maximum absolute atomic E-state index is 12.4. The summed E-state index contributed by atoms with van der Waals surface area (Å²) >= 11 is 2.37. The van der Waals surface area contributed by atoms with E-state index in [0.717, 1.165) is 11.5 Å². The summed E-state index contributed by atoms with van der Waals surface area (Å²) in [6, 6.07) is 9.51. The lowest BCUT2D eigenvalue weighted by Gasteiger charge is -2.09. The third-order valence-electron chi connectivity index (χ3n) is 3.60. The molecule has 0 fully saturated rings. The maximum Gasteiger partial charge on any atom is 0.379 e. The van der Waals surface area contributed by atoms with Crippen LogP contribution >= 0.6 is 23.3 Å². The molecule has 0 saturated carbocycles. The molecule has 1 N–H and O–H groups in total. The topological polar surface area (TPSA) is 127 Å². The van der Waals surface area contributed by atoms with Crippen LogP contribution in [-0.4, -0.2) is 34.6 Å². The molecule has 0 aliphatic carbocycles. The molecule has 0 atom stereocenters. The molecule has 1 amide bonds. The fourth-order valence-corrected chi connectivity index (χ4v) is 3.35. The van der Waals surface area contributed by atoms with Gasteiger partial charge in [-0.1, -0.05) is 17.8 Å². The monoisotopic (exact) mass is 442 g/mol. The van der Waals surface area contributed by atoms with E-state index < -0.39 is 11.9 Å². The Balaban J connectivity index is 1.78. The Morgan fingerprint density at radius 2 is 2.17 bits per heavy atom. The minimum Gasteiger partial charge on any atom is -0.493 e. The number of hydrogen-bond acceptors (Lipinski definition) is 10. The first-order valence-corrected chi connectivity index (χ1v) is 10.3. The number of rotatable bonds is 7. The SMILES string of the molecule is COc1cc(/C=C(/C#N)C(=O)Nc2nc(SC)ns2)ccc1OC(=O)c1ccco1. The third kappa shape index (κ3) is 5.05. The van der Waals surface area contributed by atoms with Gasteiger partial charge >= 0.3 is 5.97 Å². The molecule has 2 aromatic heterocycles. The van der Waals surface area contributed by atoms with Crippen molar-refractivity contribution in [2.75, 3.05) is 18.7 Å². The number of benzene rings is 1. The van der Waals surface area contributed by atoms with E-state index in [0.29, 0.717) is 15.9 Å². The van der Waals surface area contributed by atoms with Crippen LogP contribution in [0, 0.1) is 11.3 Å². The number of esters is 1. The van der Waals surface area contributed by atoms with Gasteiger partial charge in [0.2, 0.25) is 16.0 Å². The number of furan rings is 1. The van der Waals surface area contributed by atoms with E-state index >= 15 is 0 Å². The van der Waals surface area contributed by atoms with E-state index in [1.165, 1.54) is 49.4 Å². The average molecular weight is 442 g/mol. The van der Waals surface area contributed by atoms with E-state index in [-0.39, 0.29) is 22.8 Å². The van der Waals surface area contributed by atoms with Crippen molar-refractivity contribution in [2.45, 2.75) is 5.16 Å². The van der Waals surface area contributed by atoms with Gasteiger partial charge in [-0.25, -0.2) is 4.79 Å². The molecule has 0 radical (unpaired) electrons. The number of thioether (sulfide) groups is 1. The predicted octanol–water partition coefficient (Wildman–Crippen LogP) is 3.63. The molecular formula is C19H14N4O5S2. The number of nitrogens with one attached hydrogen (secondary N) is 1. The summed E-state index contributed by atoms with van der Waals surface area (Å²) in [4.78, 5) is 28.5. The van der Waals surface area contributed by atoms with Crippen molar-refractivity contribution in [2.24, 2.45) is 0 Å². The van der Waals surface area contributed by atoms with E-state index in [1.807, 2.05) is 12.3 Å². The van der Waals surface area contributed by atoms with E-state index in [4.69, 9.17) is 13.9 Å². The summed E-state index contributed by atoms with van der Waals surface area (Å²) in [7, 11) is 1.41. The molecule has 152 valence electrons. The van der Waals surface area contributed by atoms with Crippen molar-refractivity contribution in [1.29, 1.82) is 5.26 Å². The third-order valence-corrected chi connectivity index (χ3v) is 4.89. The number of nitrogens with zero attached hydrogens (tertiary/aromatic N) is 3. The van der Waals surface area contributed by atoms with Gasteiger partial charge in [0.25, 0.3) is 5.91 Å². The molecule has 0 spiro atoms. The molecule has 2 heterocycles. The number of nitriles is 1. The minimum atomic E-state index is -0.680. The number of amides is 1. The lowest BCUT2D eigenvalue weighted by atomic mass is 10.1. The maximum atomic E-state index is 12.4. The predicted molar refractivity (Wildman–Crippen MR) is 111 cm³/mol. The van der Waals surface area contributed by atoms with E-state index in [2.05, 4.69) is 14.7 Å². The van der Waals surface area contributed by atoms with Gasteiger partial charge < -0.3 is 13.9 Å².